The Balaban J connectivity index is 1.91. The fourth-order valence-corrected chi connectivity index (χ4v) is 2.72. The molecule has 1 aliphatic heterocycles. The highest BCUT2D eigenvalue weighted by molar-refractivity contribution is 5.95. The van der Waals surface area contributed by atoms with Gasteiger partial charge in [-0.2, -0.15) is 0 Å². The number of nitrogens with zero attached hydrogens (tertiary/aromatic N) is 3. The van der Waals surface area contributed by atoms with Crippen molar-refractivity contribution in [3.8, 4) is 0 Å². The zero-order valence-electron chi connectivity index (χ0n) is 13.0. The topological polar surface area (TPSA) is 119 Å². The third-order valence-electron chi connectivity index (χ3n) is 3.90. The van der Waals surface area contributed by atoms with Crippen LogP contribution in [-0.2, 0) is 4.79 Å². The summed E-state index contributed by atoms with van der Waals surface area (Å²) in [4.78, 5) is 34.1. The lowest BCUT2D eigenvalue weighted by Crippen LogP contribution is -2.23. The SMILES string of the molecule is O=C1CCCN1c1cccc(Nc2ccc([N+](=O)[O-])cc2[N+](=O)[O-])c1. The number of non-ortho nitro benzene ring substituents is 1. The molecule has 0 aromatic heterocycles. The molecule has 2 aromatic rings. The zero-order chi connectivity index (χ0) is 18.0. The van der Waals surface area contributed by atoms with Crippen LogP contribution in [0.5, 0.6) is 0 Å². The van der Waals surface area contributed by atoms with E-state index in [0.29, 0.717) is 24.3 Å². The van der Waals surface area contributed by atoms with Crippen molar-refractivity contribution in [3.63, 3.8) is 0 Å². The number of carbonyl (C=O) groups excluding carboxylic acids is 1. The number of hydrogen-bond donors (Lipinski definition) is 1. The number of carbonyl (C=O) groups is 1. The van der Waals surface area contributed by atoms with Crippen molar-refractivity contribution in [3.05, 3.63) is 62.7 Å². The van der Waals surface area contributed by atoms with Gasteiger partial charge in [0.2, 0.25) is 5.91 Å². The number of nitro benzene ring substituents is 2. The van der Waals surface area contributed by atoms with Crippen LogP contribution in [0.4, 0.5) is 28.4 Å². The summed E-state index contributed by atoms with van der Waals surface area (Å²) in [6, 6.07) is 10.4. The molecule has 1 heterocycles. The molecule has 128 valence electrons. The first-order valence-electron chi connectivity index (χ1n) is 7.56. The summed E-state index contributed by atoms with van der Waals surface area (Å²) in [5, 5.41) is 24.9. The number of benzene rings is 2. The number of hydrogen-bond acceptors (Lipinski definition) is 6. The molecule has 0 atom stereocenters. The molecule has 0 saturated carbocycles. The van der Waals surface area contributed by atoms with Gasteiger partial charge in [0.1, 0.15) is 5.69 Å². The Morgan fingerprint density at radius 3 is 2.48 bits per heavy atom. The summed E-state index contributed by atoms with van der Waals surface area (Å²) in [5.41, 5.74) is 0.650. The van der Waals surface area contributed by atoms with Crippen molar-refractivity contribution < 1.29 is 14.6 Å². The lowest BCUT2D eigenvalue weighted by Gasteiger charge is -2.17. The van der Waals surface area contributed by atoms with Crippen LogP contribution in [0.1, 0.15) is 12.8 Å². The second kappa shape index (κ2) is 6.56. The number of rotatable bonds is 5. The second-order valence-electron chi connectivity index (χ2n) is 5.54. The van der Waals surface area contributed by atoms with Gasteiger partial charge in [-0.15, -0.1) is 0 Å². The van der Waals surface area contributed by atoms with Crippen LogP contribution in [0.3, 0.4) is 0 Å². The normalized spacial score (nSPS) is 13.8. The highest BCUT2D eigenvalue weighted by atomic mass is 16.6. The van der Waals surface area contributed by atoms with Gasteiger partial charge in [0.25, 0.3) is 11.4 Å². The first kappa shape index (κ1) is 16.4. The van der Waals surface area contributed by atoms with E-state index >= 15 is 0 Å². The van der Waals surface area contributed by atoms with Crippen molar-refractivity contribution in [2.45, 2.75) is 12.8 Å². The first-order valence-corrected chi connectivity index (χ1v) is 7.56. The maximum absolute atomic E-state index is 11.8. The van der Waals surface area contributed by atoms with Gasteiger partial charge in [-0.25, -0.2) is 0 Å². The number of nitro groups is 2. The lowest BCUT2D eigenvalue weighted by molar-refractivity contribution is -0.393. The van der Waals surface area contributed by atoms with Crippen LogP contribution in [0.15, 0.2) is 42.5 Å². The Kier molecular flexibility index (Phi) is 4.29. The molecule has 1 saturated heterocycles. The number of amides is 1. The summed E-state index contributed by atoms with van der Waals surface area (Å²) in [6.45, 7) is 0.639. The fraction of sp³-hybridized carbons (Fsp3) is 0.188. The molecule has 2 aromatic carbocycles. The van der Waals surface area contributed by atoms with E-state index in [-0.39, 0.29) is 17.3 Å². The standard InChI is InChI=1S/C16H14N4O5/c21-16-5-2-8-18(16)12-4-1-3-11(9-12)17-14-7-6-13(19(22)23)10-15(14)20(24)25/h1,3-4,6-7,9-10,17H,2,5,8H2. The molecule has 0 radical (unpaired) electrons. The predicted molar refractivity (Wildman–Crippen MR) is 91.1 cm³/mol. The summed E-state index contributed by atoms with van der Waals surface area (Å²) >= 11 is 0. The van der Waals surface area contributed by atoms with Crippen LogP contribution in [-0.4, -0.2) is 22.3 Å². The zero-order valence-corrected chi connectivity index (χ0v) is 13.0. The molecule has 9 heteroatoms. The van der Waals surface area contributed by atoms with E-state index in [1.807, 2.05) is 0 Å². The van der Waals surface area contributed by atoms with Crippen LogP contribution < -0.4 is 10.2 Å². The van der Waals surface area contributed by atoms with Crippen molar-refractivity contribution >= 4 is 34.3 Å². The minimum absolute atomic E-state index is 0.0402. The smallest absolute Gasteiger partial charge is 0.299 e. The molecule has 25 heavy (non-hydrogen) atoms. The van der Waals surface area contributed by atoms with Gasteiger partial charge >= 0.3 is 0 Å². The highest BCUT2D eigenvalue weighted by Crippen LogP contribution is 2.32. The van der Waals surface area contributed by atoms with Crippen molar-refractivity contribution in [1.82, 2.24) is 0 Å². The number of anilines is 3. The van der Waals surface area contributed by atoms with Crippen LogP contribution in [0.2, 0.25) is 0 Å². The minimum Gasteiger partial charge on any atom is -0.350 e. The molecule has 9 nitrogen and oxygen atoms in total. The van der Waals surface area contributed by atoms with Crippen LogP contribution in [0.25, 0.3) is 0 Å². The third kappa shape index (κ3) is 3.39. The monoisotopic (exact) mass is 342 g/mol. The summed E-state index contributed by atoms with van der Waals surface area (Å²) < 4.78 is 0. The Labute approximate surface area is 142 Å². The molecule has 1 amide bonds. The Bertz CT molecular complexity index is 867. The van der Waals surface area contributed by atoms with E-state index in [1.54, 1.807) is 29.2 Å². The Hall–Kier alpha value is -3.49. The molecular formula is C16H14N4O5. The van der Waals surface area contributed by atoms with E-state index in [9.17, 15) is 25.0 Å². The fourth-order valence-electron chi connectivity index (χ4n) is 2.72. The summed E-state index contributed by atoms with van der Waals surface area (Å²) in [7, 11) is 0. The van der Waals surface area contributed by atoms with E-state index in [4.69, 9.17) is 0 Å². The molecule has 0 unspecified atom stereocenters. The van der Waals surface area contributed by atoms with E-state index in [0.717, 1.165) is 12.5 Å². The average Bonchev–Trinajstić information content (AvgIpc) is 3.01. The highest BCUT2D eigenvalue weighted by Gasteiger charge is 2.23. The molecular weight excluding hydrogens is 328 g/mol. The van der Waals surface area contributed by atoms with E-state index in [2.05, 4.69) is 5.32 Å². The molecule has 0 bridgehead atoms. The molecule has 1 N–H and O–H groups in total. The molecule has 0 aliphatic carbocycles. The van der Waals surface area contributed by atoms with Crippen molar-refractivity contribution in [1.29, 1.82) is 0 Å². The van der Waals surface area contributed by atoms with Crippen molar-refractivity contribution in [2.24, 2.45) is 0 Å². The average molecular weight is 342 g/mol. The maximum atomic E-state index is 11.8. The molecule has 0 spiro atoms. The van der Waals surface area contributed by atoms with Gasteiger partial charge in [-0.05, 0) is 30.7 Å². The maximum Gasteiger partial charge on any atom is 0.299 e. The summed E-state index contributed by atoms with van der Waals surface area (Å²) in [6.07, 6.45) is 1.30. The van der Waals surface area contributed by atoms with E-state index in [1.165, 1.54) is 12.1 Å². The van der Waals surface area contributed by atoms with Gasteiger partial charge in [0.15, 0.2) is 0 Å². The third-order valence-corrected chi connectivity index (χ3v) is 3.90. The largest absolute Gasteiger partial charge is 0.350 e. The van der Waals surface area contributed by atoms with Crippen LogP contribution in [0, 0.1) is 20.2 Å². The molecule has 1 aliphatic rings. The van der Waals surface area contributed by atoms with Gasteiger partial charge in [0, 0.05) is 30.4 Å². The first-order chi connectivity index (χ1) is 12.0. The Morgan fingerprint density at radius 2 is 1.84 bits per heavy atom. The van der Waals surface area contributed by atoms with Gasteiger partial charge < -0.3 is 10.2 Å². The van der Waals surface area contributed by atoms with Crippen LogP contribution >= 0.6 is 0 Å². The van der Waals surface area contributed by atoms with E-state index < -0.39 is 15.5 Å². The van der Waals surface area contributed by atoms with Gasteiger partial charge in [-0.1, -0.05) is 6.07 Å². The Morgan fingerprint density at radius 1 is 1.04 bits per heavy atom. The van der Waals surface area contributed by atoms with Gasteiger partial charge in [0.05, 0.1) is 15.9 Å². The summed E-state index contributed by atoms with van der Waals surface area (Å²) in [5.74, 6) is 0.0402. The minimum atomic E-state index is -0.684. The predicted octanol–water partition coefficient (Wildman–Crippen LogP) is 3.37. The number of nitrogens with one attached hydrogen (secondary N) is 1. The second-order valence-corrected chi connectivity index (χ2v) is 5.54. The molecule has 3 rings (SSSR count). The quantitative estimate of drug-likeness (QED) is 0.657. The molecule has 1 fully saturated rings. The van der Waals surface area contributed by atoms with Gasteiger partial charge in [-0.3, -0.25) is 25.0 Å². The lowest BCUT2D eigenvalue weighted by atomic mass is 10.2. The van der Waals surface area contributed by atoms with Crippen molar-refractivity contribution in [2.75, 3.05) is 16.8 Å².